The number of carbonyl (C=O) groups is 1. The summed E-state index contributed by atoms with van der Waals surface area (Å²) in [6.07, 6.45) is 1.86. The summed E-state index contributed by atoms with van der Waals surface area (Å²) >= 11 is 0. The summed E-state index contributed by atoms with van der Waals surface area (Å²) < 4.78 is 5.37. The third-order valence-corrected chi connectivity index (χ3v) is 6.95. The molecule has 3 aromatic rings. The van der Waals surface area contributed by atoms with Gasteiger partial charge >= 0.3 is 0 Å². The standard InChI is InChI=1S/C29H34N2O2/c1-4-20(2)28(30)19-31(24-15-13-22(14-16-24)21-9-6-5-7-10-21)29(32)27-18-26(27)23-11-8-12-25(17-23)33-3/h5-17,20,26-28H,4,18-19,30H2,1-3H3/t20-,26-,27+,28+/m0/s1. The molecule has 33 heavy (non-hydrogen) atoms. The Morgan fingerprint density at radius 2 is 1.73 bits per heavy atom. The van der Waals surface area contributed by atoms with E-state index in [1.165, 1.54) is 11.1 Å². The highest BCUT2D eigenvalue weighted by atomic mass is 16.5. The summed E-state index contributed by atoms with van der Waals surface area (Å²) in [7, 11) is 1.67. The molecule has 1 saturated carbocycles. The summed E-state index contributed by atoms with van der Waals surface area (Å²) in [4.78, 5) is 15.6. The largest absolute Gasteiger partial charge is 0.497 e. The molecule has 1 aliphatic carbocycles. The predicted octanol–water partition coefficient (Wildman–Crippen LogP) is 5.87. The smallest absolute Gasteiger partial charge is 0.230 e. The van der Waals surface area contributed by atoms with Gasteiger partial charge in [-0.05, 0) is 59.2 Å². The van der Waals surface area contributed by atoms with Gasteiger partial charge in [0.1, 0.15) is 5.75 Å². The third kappa shape index (κ3) is 5.28. The first-order valence-electron chi connectivity index (χ1n) is 11.9. The van der Waals surface area contributed by atoms with E-state index in [1.54, 1.807) is 7.11 Å². The molecule has 0 aliphatic heterocycles. The number of carbonyl (C=O) groups excluding carboxylic acids is 1. The molecular weight excluding hydrogens is 408 g/mol. The maximum absolute atomic E-state index is 13.7. The van der Waals surface area contributed by atoms with Crippen molar-refractivity contribution < 1.29 is 9.53 Å². The third-order valence-electron chi connectivity index (χ3n) is 6.95. The number of benzene rings is 3. The number of hydrogen-bond donors (Lipinski definition) is 1. The van der Waals surface area contributed by atoms with Crippen LogP contribution in [0.1, 0.15) is 38.2 Å². The van der Waals surface area contributed by atoms with Crippen LogP contribution in [-0.4, -0.2) is 25.6 Å². The van der Waals surface area contributed by atoms with Gasteiger partial charge in [-0.3, -0.25) is 4.79 Å². The Morgan fingerprint density at radius 3 is 2.39 bits per heavy atom. The second-order valence-electron chi connectivity index (χ2n) is 9.14. The van der Waals surface area contributed by atoms with Crippen LogP contribution in [0.5, 0.6) is 5.75 Å². The lowest BCUT2D eigenvalue weighted by atomic mass is 9.98. The van der Waals surface area contributed by atoms with Crippen LogP contribution >= 0.6 is 0 Å². The van der Waals surface area contributed by atoms with Gasteiger partial charge in [0.25, 0.3) is 0 Å². The van der Waals surface area contributed by atoms with Crippen LogP contribution in [0.4, 0.5) is 5.69 Å². The fraction of sp³-hybridized carbons (Fsp3) is 0.345. The Balaban J connectivity index is 1.56. The van der Waals surface area contributed by atoms with Crippen LogP contribution in [0.25, 0.3) is 11.1 Å². The van der Waals surface area contributed by atoms with Crippen molar-refractivity contribution in [2.24, 2.45) is 17.6 Å². The van der Waals surface area contributed by atoms with Crippen LogP contribution in [0.2, 0.25) is 0 Å². The van der Waals surface area contributed by atoms with Gasteiger partial charge in [0, 0.05) is 24.2 Å². The molecule has 0 heterocycles. The molecule has 4 heteroatoms. The molecule has 4 atom stereocenters. The summed E-state index contributed by atoms with van der Waals surface area (Å²) in [6.45, 7) is 4.83. The lowest BCUT2D eigenvalue weighted by Gasteiger charge is -2.29. The summed E-state index contributed by atoms with van der Waals surface area (Å²) in [6, 6.07) is 26.6. The van der Waals surface area contributed by atoms with E-state index in [0.29, 0.717) is 12.5 Å². The molecule has 0 radical (unpaired) electrons. The van der Waals surface area contributed by atoms with Crippen molar-refractivity contribution in [3.63, 3.8) is 0 Å². The average molecular weight is 443 g/mol. The van der Waals surface area contributed by atoms with Gasteiger partial charge in [-0.15, -0.1) is 0 Å². The summed E-state index contributed by atoms with van der Waals surface area (Å²) in [5, 5.41) is 0. The zero-order valence-electron chi connectivity index (χ0n) is 19.8. The predicted molar refractivity (Wildman–Crippen MR) is 136 cm³/mol. The normalized spacial score (nSPS) is 18.9. The number of rotatable bonds is 9. The number of nitrogens with zero attached hydrogens (tertiary/aromatic N) is 1. The van der Waals surface area contributed by atoms with E-state index in [-0.39, 0.29) is 23.8 Å². The second kappa shape index (κ2) is 10.2. The van der Waals surface area contributed by atoms with Gasteiger partial charge < -0.3 is 15.4 Å². The zero-order valence-corrected chi connectivity index (χ0v) is 19.8. The second-order valence-corrected chi connectivity index (χ2v) is 9.14. The molecule has 4 rings (SSSR count). The first-order chi connectivity index (χ1) is 16.0. The molecule has 2 N–H and O–H groups in total. The van der Waals surface area contributed by atoms with Crippen LogP contribution in [0.3, 0.4) is 0 Å². The molecule has 1 aliphatic rings. The maximum Gasteiger partial charge on any atom is 0.230 e. The van der Waals surface area contributed by atoms with Crippen molar-refractivity contribution in [2.75, 3.05) is 18.6 Å². The molecule has 3 aromatic carbocycles. The number of nitrogens with two attached hydrogens (primary N) is 1. The number of ether oxygens (including phenoxy) is 1. The molecule has 0 spiro atoms. The van der Waals surface area contributed by atoms with Gasteiger partial charge in [0.2, 0.25) is 5.91 Å². The van der Waals surface area contributed by atoms with E-state index >= 15 is 0 Å². The maximum atomic E-state index is 13.7. The van der Waals surface area contributed by atoms with Gasteiger partial charge in [-0.25, -0.2) is 0 Å². The minimum atomic E-state index is -0.0678. The van der Waals surface area contributed by atoms with Gasteiger partial charge in [-0.2, -0.15) is 0 Å². The molecule has 4 nitrogen and oxygen atoms in total. The summed E-state index contributed by atoms with van der Waals surface area (Å²) in [5.74, 6) is 1.55. The van der Waals surface area contributed by atoms with Crippen molar-refractivity contribution in [3.05, 3.63) is 84.4 Å². The van der Waals surface area contributed by atoms with Crippen LogP contribution < -0.4 is 15.4 Å². The minimum absolute atomic E-state index is 0.0185. The van der Waals surface area contributed by atoms with Crippen molar-refractivity contribution in [3.8, 4) is 16.9 Å². The molecule has 172 valence electrons. The molecule has 0 unspecified atom stereocenters. The quantitative estimate of drug-likeness (QED) is 0.451. The van der Waals surface area contributed by atoms with Crippen molar-refractivity contribution in [2.45, 2.75) is 38.6 Å². The van der Waals surface area contributed by atoms with Gasteiger partial charge in [-0.1, -0.05) is 74.9 Å². The number of amides is 1. The van der Waals surface area contributed by atoms with E-state index in [1.807, 2.05) is 53.4 Å². The molecular formula is C29H34N2O2. The topological polar surface area (TPSA) is 55.6 Å². The van der Waals surface area contributed by atoms with Gasteiger partial charge in [0.15, 0.2) is 0 Å². The number of anilines is 1. The van der Waals surface area contributed by atoms with E-state index in [0.717, 1.165) is 29.8 Å². The minimum Gasteiger partial charge on any atom is -0.497 e. The summed E-state index contributed by atoms with van der Waals surface area (Å²) in [5.41, 5.74) is 10.9. The van der Waals surface area contributed by atoms with Gasteiger partial charge in [0.05, 0.1) is 7.11 Å². The monoisotopic (exact) mass is 442 g/mol. The highest BCUT2D eigenvalue weighted by Crippen LogP contribution is 2.49. The van der Waals surface area contributed by atoms with Crippen molar-refractivity contribution in [1.82, 2.24) is 0 Å². The molecule has 0 aromatic heterocycles. The van der Waals surface area contributed by atoms with E-state index < -0.39 is 0 Å². The van der Waals surface area contributed by atoms with Crippen LogP contribution in [-0.2, 0) is 4.79 Å². The Bertz CT molecular complexity index is 1060. The van der Waals surface area contributed by atoms with E-state index in [4.69, 9.17) is 10.5 Å². The molecule has 0 bridgehead atoms. The number of hydrogen-bond acceptors (Lipinski definition) is 3. The van der Waals surface area contributed by atoms with Crippen LogP contribution in [0.15, 0.2) is 78.9 Å². The first-order valence-corrected chi connectivity index (χ1v) is 11.9. The van der Waals surface area contributed by atoms with Crippen molar-refractivity contribution >= 4 is 11.6 Å². The Hall–Kier alpha value is -3.11. The molecule has 1 fully saturated rings. The first kappa shape index (κ1) is 23.1. The Morgan fingerprint density at radius 1 is 1.03 bits per heavy atom. The molecule has 1 amide bonds. The highest BCUT2D eigenvalue weighted by molar-refractivity contribution is 5.97. The van der Waals surface area contributed by atoms with Crippen molar-refractivity contribution in [1.29, 1.82) is 0 Å². The molecule has 0 saturated heterocycles. The lowest BCUT2D eigenvalue weighted by molar-refractivity contribution is -0.120. The van der Waals surface area contributed by atoms with E-state index in [2.05, 4.69) is 44.2 Å². The SMILES string of the molecule is CC[C@H](C)[C@H](N)CN(C(=O)[C@@H]1C[C@H]1c1cccc(OC)c1)c1ccc(-c2ccccc2)cc1. The zero-order chi connectivity index (χ0) is 23.4. The Kier molecular flexibility index (Phi) is 7.14. The van der Waals surface area contributed by atoms with E-state index in [9.17, 15) is 4.79 Å². The fourth-order valence-electron chi connectivity index (χ4n) is 4.39. The Labute approximate surface area is 197 Å². The lowest BCUT2D eigenvalue weighted by Crippen LogP contribution is -2.45. The fourth-order valence-corrected chi connectivity index (χ4v) is 4.39. The van der Waals surface area contributed by atoms with Crippen LogP contribution in [0, 0.1) is 11.8 Å². The average Bonchev–Trinajstić information content (AvgIpc) is 3.68. The highest BCUT2D eigenvalue weighted by Gasteiger charge is 2.46. The number of methoxy groups -OCH3 is 1.